The first-order valence-electron chi connectivity index (χ1n) is 10.2. The van der Waals surface area contributed by atoms with Gasteiger partial charge in [-0.15, -0.1) is 0 Å². The summed E-state index contributed by atoms with van der Waals surface area (Å²) >= 11 is 6.29. The molecule has 2 aromatic rings. The average molecular weight is 500 g/mol. The van der Waals surface area contributed by atoms with Crippen molar-refractivity contribution in [3.05, 3.63) is 35.1 Å². The van der Waals surface area contributed by atoms with E-state index < -0.39 is 27.9 Å². The summed E-state index contributed by atoms with van der Waals surface area (Å²) in [7, 11) is 0.395. The van der Waals surface area contributed by atoms with Crippen LogP contribution in [0, 0.1) is 0 Å². The van der Waals surface area contributed by atoms with E-state index in [1.165, 1.54) is 37.1 Å². The van der Waals surface area contributed by atoms with Crippen molar-refractivity contribution >= 4 is 39.2 Å². The number of ether oxygens (including phenoxy) is 3. The number of hydrogen-bond acceptors (Lipinski definition) is 7. The lowest BCUT2D eigenvalue weighted by atomic mass is 10.2. The van der Waals surface area contributed by atoms with Crippen LogP contribution in [-0.2, 0) is 26.6 Å². The van der Waals surface area contributed by atoms with Crippen LogP contribution in [0.3, 0.4) is 0 Å². The third-order valence-electron chi connectivity index (χ3n) is 5.31. The van der Waals surface area contributed by atoms with Gasteiger partial charge in [-0.1, -0.05) is 11.6 Å². The molecule has 1 aromatic heterocycles. The molecule has 1 fully saturated rings. The summed E-state index contributed by atoms with van der Waals surface area (Å²) in [6.45, 7) is 1.99. The van der Waals surface area contributed by atoms with Crippen LogP contribution in [0.2, 0.25) is 5.02 Å². The van der Waals surface area contributed by atoms with Gasteiger partial charge in [0.1, 0.15) is 33.8 Å². The van der Waals surface area contributed by atoms with Gasteiger partial charge in [0, 0.05) is 31.9 Å². The summed E-state index contributed by atoms with van der Waals surface area (Å²) in [5, 5.41) is 2.88. The number of hydrogen-bond donors (Lipinski definition) is 1. The highest BCUT2D eigenvalue weighted by atomic mass is 35.5. The zero-order chi connectivity index (χ0) is 24.3. The van der Waals surface area contributed by atoms with E-state index in [-0.39, 0.29) is 40.2 Å². The average Bonchev–Trinajstić information content (AvgIpc) is 3.43. The maximum Gasteiger partial charge on any atom is 0.354 e. The standard InChI is InChI=1S/C21H26ClN3O7S/c1-5-32-21(27)17-11-14(12-24(17)2)33(28,29)25-8-6-7-16(25)20(26)23-19-15(22)9-13(30-3)10-18(19)31-4/h9-12,16H,5-8H2,1-4H3,(H,23,26)/t16-/m0/s1. The van der Waals surface area contributed by atoms with E-state index in [0.29, 0.717) is 18.6 Å². The van der Waals surface area contributed by atoms with Crippen molar-refractivity contribution in [2.75, 3.05) is 32.7 Å². The third kappa shape index (κ3) is 4.94. The van der Waals surface area contributed by atoms with Gasteiger partial charge in [-0.3, -0.25) is 4.79 Å². The minimum Gasteiger partial charge on any atom is -0.497 e. The topological polar surface area (TPSA) is 116 Å². The molecule has 0 aliphatic carbocycles. The Bertz CT molecular complexity index is 1160. The van der Waals surface area contributed by atoms with Crippen molar-refractivity contribution in [3.63, 3.8) is 0 Å². The Hall–Kier alpha value is -2.76. The van der Waals surface area contributed by atoms with Crippen molar-refractivity contribution < 1.29 is 32.2 Å². The second-order valence-electron chi connectivity index (χ2n) is 7.34. The number of aromatic nitrogens is 1. The Morgan fingerprint density at radius 2 is 1.94 bits per heavy atom. The van der Waals surface area contributed by atoms with Crippen molar-refractivity contribution in [3.8, 4) is 11.5 Å². The maximum absolute atomic E-state index is 13.3. The van der Waals surface area contributed by atoms with E-state index in [9.17, 15) is 18.0 Å². The predicted octanol–water partition coefficient (Wildman–Crippen LogP) is 2.66. The summed E-state index contributed by atoms with van der Waals surface area (Å²) in [5.74, 6) is -0.440. The smallest absolute Gasteiger partial charge is 0.354 e. The second kappa shape index (κ2) is 10.0. The number of nitrogens with one attached hydrogen (secondary N) is 1. The first kappa shape index (κ1) is 24.9. The number of amides is 1. The van der Waals surface area contributed by atoms with Gasteiger partial charge in [0.15, 0.2) is 0 Å². The fourth-order valence-corrected chi connectivity index (χ4v) is 5.65. The van der Waals surface area contributed by atoms with Crippen LogP contribution < -0.4 is 14.8 Å². The third-order valence-corrected chi connectivity index (χ3v) is 7.48. The number of methoxy groups -OCH3 is 2. The molecule has 1 N–H and O–H groups in total. The SMILES string of the molecule is CCOC(=O)c1cc(S(=O)(=O)N2CCC[C@H]2C(=O)Nc2c(Cl)cc(OC)cc2OC)cn1C. The minimum absolute atomic E-state index is 0.0900. The fraction of sp³-hybridized carbons (Fsp3) is 0.429. The second-order valence-corrected chi connectivity index (χ2v) is 9.64. The molecule has 0 bridgehead atoms. The van der Waals surface area contributed by atoms with Crippen molar-refractivity contribution in [1.82, 2.24) is 8.87 Å². The van der Waals surface area contributed by atoms with Crippen molar-refractivity contribution in [2.24, 2.45) is 7.05 Å². The number of nitrogens with zero attached hydrogens (tertiary/aromatic N) is 2. The molecule has 1 aromatic carbocycles. The summed E-state index contributed by atoms with van der Waals surface area (Å²) in [6, 6.07) is 3.38. The van der Waals surface area contributed by atoms with E-state index in [2.05, 4.69) is 5.32 Å². The largest absolute Gasteiger partial charge is 0.497 e. The Labute approximate surface area is 197 Å². The molecule has 0 radical (unpaired) electrons. The Morgan fingerprint density at radius 3 is 2.58 bits per heavy atom. The van der Waals surface area contributed by atoms with Gasteiger partial charge in [-0.2, -0.15) is 4.31 Å². The van der Waals surface area contributed by atoms with E-state index in [4.69, 9.17) is 25.8 Å². The Morgan fingerprint density at radius 1 is 1.21 bits per heavy atom. The molecule has 0 spiro atoms. The number of anilines is 1. The minimum atomic E-state index is -4.05. The Balaban J connectivity index is 1.87. The highest BCUT2D eigenvalue weighted by molar-refractivity contribution is 7.89. The van der Waals surface area contributed by atoms with Crippen LogP contribution in [0.5, 0.6) is 11.5 Å². The van der Waals surface area contributed by atoms with E-state index in [0.717, 1.165) is 4.31 Å². The monoisotopic (exact) mass is 499 g/mol. The zero-order valence-electron chi connectivity index (χ0n) is 18.8. The van der Waals surface area contributed by atoms with Crippen LogP contribution in [0.1, 0.15) is 30.3 Å². The van der Waals surface area contributed by atoms with Gasteiger partial charge >= 0.3 is 5.97 Å². The molecule has 0 unspecified atom stereocenters. The number of aryl methyl sites for hydroxylation is 1. The first-order valence-corrected chi connectivity index (χ1v) is 12.0. The van der Waals surface area contributed by atoms with Gasteiger partial charge in [0.2, 0.25) is 15.9 Å². The van der Waals surface area contributed by atoms with Gasteiger partial charge in [-0.25, -0.2) is 13.2 Å². The number of carbonyl (C=O) groups is 2. The molecule has 33 heavy (non-hydrogen) atoms. The van der Waals surface area contributed by atoms with E-state index in [1.807, 2.05) is 0 Å². The summed E-state index contributed by atoms with van der Waals surface area (Å²) in [4.78, 5) is 25.1. The molecule has 3 rings (SSSR count). The lowest BCUT2D eigenvalue weighted by molar-refractivity contribution is -0.119. The number of rotatable bonds is 8. The van der Waals surface area contributed by atoms with Crippen LogP contribution >= 0.6 is 11.6 Å². The molecule has 10 nitrogen and oxygen atoms in total. The molecule has 1 aliphatic rings. The number of benzene rings is 1. The molecular formula is C21H26ClN3O7S. The van der Waals surface area contributed by atoms with Gasteiger partial charge in [-0.05, 0) is 25.8 Å². The normalized spacial score (nSPS) is 16.5. The molecule has 1 atom stereocenters. The molecular weight excluding hydrogens is 474 g/mol. The molecule has 1 saturated heterocycles. The molecule has 2 heterocycles. The highest BCUT2D eigenvalue weighted by Crippen LogP contribution is 2.37. The first-order chi connectivity index (χ1) is 15.6. The number of sulfonamides is 1. The van der Waals surface area contributed by atoms with Crippen molar-refractivity contribution in [1.29, 1.82) is 0 Å². The maximum atomic E-state index is 13.3. The van der Waals surface area contributed by atoms with Gasteiger partial charge in [0.05, 0.1) is 25.8 Å². The Kier molecular flexibility index (Phi) is 7.55. The molecule has 1 aliphatic heterocycles. The van der Waals surface area contributed by atoms with Gasteiger partial charge < -0.3 is 24.1 Å². The van der Waals surface area contributed by atoms with E-state index in [1.54, 1.807) is 20.0 Å². The predicted molar refractivity (Wildman–Crippen MR) is 121 cm³/mol. The number of esters is 1. The van der Waals surface area contributed by atoms with Gasteiger partial charge in [0.25, 0.3) is 0 Å². The molecule has 180 valence electrons. The number of carbonyl (C=O) groups excluding carboxylic acids is 2. The molecule has 1 amide bonds. The fourth-order valence-electron chi connectivity index (χ4n) is 3.67. The van der Waals surface area contributed by atoms with Crippen LogP contribution in [-0.4, -0.2) is 62.6 Å². The highest BCUT2D eigenvalue weighted by Gasteiger charge is 2.40. The summed E-state index contributed by atoms with van der Waals surface area (Å²) in [5.41, 5.74) is 0.323. The zero-order valence-corrected chi connectivity index (χ0v) is 20.3. The van der Waals surface area contributed by atoms with E-state index >= 15 is 0 Å². The van der Waals surface area contributed by atoms with Crippen LogP contribution in [0.15, 0.2) is 29.3 Å². The molecule has 0 saturated carbocycles. The van der Waals surface area contributed by atoms with Crippen LogP contribution in [0.4, 0.5) is 5.69 Å². The van der Waals surface area contributed by atoms with Crippen molar-refractivity contribution in [2.45, 2.75) is 30.7 Å². The lowest BCUT2D eigenvalue weighted by Crippen LogP contribution is -2.43. The molecule has 12 heteroatoms. The quantitative estimate of drug-likeness (QED) is 0.555. The van der Waals surface area contributed by atoms with Crippen LogP contribution in [0.25, 0.3) is 0 Å². The lowest BCUT2D eigenvalue weighted by Gasteiger charge is -2.23. The summed E-state index contributed by atoms with van der Waals surface area (Å²) in [6.07, 6.45) is 2.17. The number of halogens is 1. The summed E-state index contributed by atoms with van der Waals surface area (Å²) < 4.78 is 44.6.